The zero-order chi connectivity index (χ0) is 15.4. The van der Waals surface area contributed by atoms with Crippen LogP contribution in [0.25, 0.3) is 0 Å². The average molecular weight is 316 g/mol. The Labute approximate surface area is 134 Å². The molecule has 0 spiro atoms. The number of fused-ring (bicyclic) bond motifs is 1. The molecule has 0 unspecified atom stereocenters. The van der Waals surface area contributed by atoms with E-state index >= 15 is 0 Å². The Morgan fingerprint density at radius 1 is 1.32 bits per heavy atom. The van der Waals surface area contributed by atoms with Crippen molar-refractivity contribution in [3.63, 3.8) is 0 Å². The first kappa shape index (κ1) is 15.1. The molecule has 2 N–H and O–H groups in total. The summed E-state index contributed by atoms with van der Waals surface area (Å²) < 4.78 is 0. The van der Waals surface area contributed by atoms with Crippen molar-refractivity contribution in [3.8, 4) is 0 Å². The molecule has 0 aromatic carbocycles. The third kappa shape index (κ3) is 3.69. The van der Waals surface area contributed by atoms with Crippen molar-refractivity contribution in [1.29, 1.82) is 0 Å². The Bertz CT molecular complexity index is 617. The lowest BCUT2D eigenvalue weighted by atomic mass is 10.0. The smallest absolute Gasteiger partial charge is 0.240 e. The quantitative estimate of drug-likeness (QED) is 0.890. The number of aromatic nitrogens is 2. The number of amides is 1. The number of thiazole rings is 1. The van der Waals surface area contributed by atoms with E-state index in [1.807, 2.05) is 19.1 Å². The molecule has 6 heteroatoms. The predicted molar refractivity (Wildman–Crippen MR) is 88.0 cm³/mol. The largest absolute Gasteiger partial charge is 0.302 e. The maximum Gasteiger partial charge on any atom is 0.240 e. The van der Waals surface area contributed by atoms with Crippen LogP contribution in [0.15, 0.2) is 24.5 Å². The summed E-state index contributed by atoms with van der Waals surface area (Å²) in [5, 5.41) is 6.85. The Morgan fingerprint density at radius 2 is 2.09 bits per heavy atom. The predicted octanol–water partition coefficient (Wildman–Crippen LogP) is 2.71. The Balaban J connectivity index is 1.51. The summed E-state index contributed by atoms with van der Waals surface area (Å²) in [6.45, 7) is 2.30. The van der Waals surface area contributed by atoms with E-state index in [-0.39, 0.29) is 18.5 Å². The molecular weight excluding hydrogens is 296 g/mol. The summed E-state index contributed by atoms with van der Waals surface area (Å²) in [4.78, 5) is 21.9. The van der Waals surface area contributed by atoms with Crippen molar-refractivity contribution < 1.29 is 4.79 Å². The molecule has 0 radical (unpaired) electrons. The van der Waals surface area contributed by atoms with Crippen LogP contribution in [0.2, 0.25) is 0 Å². The van der Waals surface area contributed by atoms with Gasteiger partial charge >= 0.3 is 0 Å². The number of carbonyl (C=O) groups excluding carboxylic acids is 1. The van der Waals surface area contributed by atoms with E-state index in [0.717, 1.165) is 23.5 Å². The zero-order valence-electron chi connectivity index (χ0n) is 12.6. The van der Waals surface area contributed by atoms with Gasteiger partial charge in [0.05, 0.1) is 12.2 Å². The van der Waals surface area contributed by atoms with Crippen molar-refractivity contribution in [2.24, 2.45) is 0 Å². The average Bonchev–Trinajstić information content (AvgIpc) is 2.95. The zero-order valence-corrected chi connectivity index (χ0v) is 13.4. The highest BCUT2D eigenvalue weighted by Crippen LogP contribution is 2.29. The topological polar surface area (TPSA) is 66.9 Å². The van der Waals surface area contributed by atoms with Crippen LogP contribution < -0.4 is 10.6 Å². The Kier molecular flexibility index (Phi) is 4.80. The number of anilines is 1. The van der Waals surface area contributed by atoms with Crippen molar-refractivity contribution in [2.75, 3.05) is 11.9 Å². The number of nitrogens with zero attached hydrogens (tertiary/aromatic N) is 2. The fourth-order valence-corrected chi connectivity index (χ4v) is 3.65. The molecule has 0 aliphatic heterocycles. The molecule has 22 heavy (non-hydrogen) atoms. The SMILES string of the molecule is C[C@H](NCC(=O)Nc1nc2c(s1)CCCC2)c1ccncc1. The van der Waals surface area contributed by atoms with E-state index in [2.05, 4.69) is 20.6 Å². The van der Waals surface area contributed by atoms with Crippen molar-refractivity contribution in [1.82, 2.24) is 15.3 Å². The molecule has 2 aromatic heterocycles. The van der Waals surface area contributed by atoms with Crippen molar-refractivity contribution >= 4 is 22.4 Å². The number of carbonyl (C=O) groups is 1. The maximum atomic E-state index is 12.0. The van der Waals surface area contributed by atoms with E-state index in [9.17, 15) is 4.79 Å². The van der Waals surface area contributed by atoms with Crippen LogP contribution >= 0.6 is 11.3 Å². The van der Waals surface area contributed by atoms with Crippen LogP contribution in [-0.2, 0) is 17.6 Å². The van der Waals surface area contributed by atoms with E-state index in [0.29, 0.717) is 0 Å². The van der Waals surface area contributed by atoms with Gasteiger partial charge < -0.3 is 10.6 Å². The summed E-state index contributed by atoms with van der Waals surface area (Å²) in [7, 11) is 0. The van der Waals surface area contributed by atoms with Gasteiger partial charge in [-0.05, 0) is 50.3 Å². The Morgan fingerprint density at radius 3 is 2.86 bits per heavy atom. The number of rotatable bonds is 5. The molecule has 2 heterocycles. The first-order chi connectivity index (χ1) is 10.7. The van der Waals surface area contributed by atoms with Crippen LogP contribution in [0.5, 0.6) is 0 Å². The molecular formula is C16H20N4OS. The normalized spacial score (nSPS) is 15.1. The van der Waals surface area contributed by atoms with Gasteiger partial charge in [-0.3, -0.25) is 9.78 Å². The van der Waals surface area contributed by atoms with Crippen molar-refractivity contribution in [3.05, 3.63) is 40.7 Å². The number of pyridine rings is 1. The fraction of sp³-hybridized carbons (Fsp3) is 0.438. The molecule has 0 fully saturated rings. The van der Waals surface area contributed by atoms with Gasteiger partial charge in [0.1, 0.15) is 0 Å². The van der Waals surface area contributed by atoms with E-state index in [1.165, 1.54) is 23.4 Å². The first-order valence-electron chi connectivity index (χ1n) is 7.64. The van der Waals surface area contributed by atoms with Gasteiger partial charge in [0.2, 0.25) is 5.91 Å². The Hall–Kier alpha value is -1.79. The summed E-state index contributed by atoms with van der Waals surface area (Å²) in [6, 6.07) is 4.01. The monoisotopic (exact) mass is 316 g/mol. The molecule has 1 atom stereocenters. The van der Waals surface area contributed by atoms with E-state index in [4.69, 9.17) is 0 Å². The second-order valence-electron chi connectivity index (χ2n) is 5.53. The molecule has 1 amide bonds. The molecule has 5 nitrogen and oxygen atoms in total. The van der Waals surface area contributed by atoms with Gasteiger partial charge in [-0.1, -0.05) is 0 Å². The van der Waals surface area contributed by atoms with Gasteiger partial charge in [-0.2, -0.15) is 0 Å². The minimum atomic E-state index is -0.0491. The molecule has 0 saturated heterocycles. The van der Waals surface area contributed by atoms with Crippen LogP contribution in [0.4, 0.5) is 5.13 Å². The summed E-state index contributed by atoms with van der Waals surface area (Å²) >= 11 is 1.62. The third-order valence-corrected chi connectivity index (χ3v) is 4.94. The van der Waals surface area contributed by atoms with Gasteiger partial charge in [0.25, 0.3) is 0 Å². The van der Waals surface area contributed by atoms with E-state index < -0.39 is 0 Å². The molecule has 0 saturated carbocycles. The van der Waals surface area contributed by atoms with Gasteiger partial charge in [-0.25, -0.2) is 4.98 Å². The number of nitrogens with one attached hydrogen (secondary N) is 2. The molecule has 2 aromatic rings. The summed E-state index contributed by atoms with van der Waals surface area (Å²) in [6.07, 6.45) is 8.09. The second-order valence-corrected chi connectivity index (χ2v) is 6.61. The third-order valence-electron chi connectivity index (χ3n) is 3.87. The standard InChI is InChI=1S/C16H20N4OS/c1-11(12-6-8-17-9-7-12)18-10-15(21)20-16-19-13-4-2-3-5-14(13)22-16/h6-9,11,18H,2-5,10H2,1H3,(H,19,20,21)/t11-/m0/s1. The number of hydrogen-bond acceptors (Lipinski definition) is 5. The highest BCUT2D eigenvalue weighted by atomic mass is 32.1. The van der Waals surface area contributed by atoms with Crippen molar-refractivity contribution in [2.45, 2.75) is 38.6 Å². The lowest BCUT2D eigenvalue weighted by Crippen LogP contribution is -2.30. The van der Waals surface area contributed by atoms with Crippen LogP contribution in [0.1, 0.15) is 41.9 Å². The first-order valence-corrected chi connectivity index (χ1v) is 8.46. The number of aryl methyl sites for hydroxylation is 2. The summed E-state index contributed by atoms with van der Waals surface area (Å²) in [5.41, 5.74) is 2.29. The van der Waals surface area contributed by atoms with Gasteiger partial charge in [-0.15, -0.1) is 11.3 Å². The molecule has 3 rings (SSSR count). The molecule has 0 bridgehead atoms. The van der Waals surface area contributed by atoms with Gasteiger partial charge in [0.15, 0.2) is 5.13 Å². The molecule has 116 valence electrons. The molecule has 1 aliphatic rings. The minimum absolute atomic E-state index is 0.0491. The van der Waals surface area contributed by atoms with E-state index in [1.54, 1.807) is 23.7 Å². The fourth-order valence-electron chi connectivity index (χ4n) is 2.58. The van der Waals surface area contributed by atoms with Crippen LogP contribution in [0.3, 0.4) is 0 Å². The van der Waals surface area contributed by atoms with Gasteiger partial charge in [0, 0.05) is 23.3 Å². The maximum absolute atomic E-state index is 12.0. The minimum Gasteiger partial charge on any atom is -0.302 e. The highest BCUT2D eigenvalue weighted by Gasteiger charge is 2.16. The lowest BCUT2D eigenvalue weighted by Gasteiger charge is -2.13. The van der Waals surface area contributed by atoms with Crippen LogP contribution in [-0.4, -0.2) is 22.4 Å². The van der Waals surface area contributed by atoms with Crippen LogP contribution in [0, 0.1) is 0 Å². The summed E-state index contributed by atoms with van der Waals surface area (Å²) in [5.74, 6) is -0.0491. The molecule has 1 aliphatic carbocycles. The second kappa shape index (κ2) is 6.98. The number of hydrogen-bond donors (Lipinski definition) is 2. The lowest BCUT2D eigenvalue weighted by molar-refractivity contribution is -0.115. The highest BCUT2D eigenvalue weighted by molar-refractivity contribution is 7.15.